The minimum atomic E-state index is -3.40. The van der Waals surface area contributed by atoms with Crippen LogP contribution in [0.2, 0.25) is 0 Å². The van der Waals surface area contributed by atoms with Crippen LogP contribution in [-0.2, 0) is 10.0 Å². The lowest BCUT2D eigenvalue weighted by Gasteiger charge is -2.17. The van der Waals surface area contributed by atoms with Crippen molar-refractivity contribution in [2.24, 2.45) is 0 Å². The molecule has 0 heterocycles. The van der Waals surface area contributed by atoms with Crippen molar-refractivity contribution in [2.45, 2.75) is 44.2 Å². The van der Waals surface area contributed by atoms with E-state index >= 15 is 0 Å². The van der Waals surface area contributed by atoms with Crippen LogP contribution in [0.3, 0.4) is 0 Å². The second-order valence-electron chi connectivity index (χ2n) is 5.01. The molecule has 0 spiro atoms. The summed E-state index contributed by atoms with van der Waals surface area (Å²) in [5, 5.41) is 3.41. The summed E-state index contributed by atoms with van der Waals surface area (Å²) in [5.41, 5.74) is 0.953. The van der Waals surface area contributed by atoms with Crippen molar-refractivity contribution >= 4 is 27.5 Å². The molecule has 0 aliphatic heterocycles. The number of sulfonamides is 1. The number of thioether (sulfide) groups is 1. The maximum absolute atomic E-state index is 12.0. The fourth-order valence-electron chi connectivity index (χ4n) is 1.81. The predicted molar refractivity (Wildman–Crippen MR) is 88.0 cm³/mol. The van der Waals surface area contributed by atoms with E-state index in [0.717, 1.165) is 17.9 Å². The van der Waals surface area contributed by atoms with Crippen molar-refractivity contribution in [2.75, 3.05) is 17.3 Å². The van der Waals surface area contributed by atoms with E-state index < -0.39 is 10.0 Å². The number of hydrogen-bond donors (Lipinski definition) is 2. The number of rotatable bonds is 8. The molecule has 1 unspecified atom stereocenters. The van der Waals surface area contributed by atoms with Crippen molar-refractivity contribution in [3.63, 3.8) is 0 Å². The molecule has 0 bridgehead atoms. The van der Waals surface area contributed by atoms with Crippen LogP contribution in [0.25, 0.3) is 0 Å². The second kappa shape index (κ2) is 7.90. The lowest BCUT2D eigenvalue weighted by molar-refractivity contribution is 0.570. The molecular weight excluding hydrogens is 292 g/mol. The van der Waals surface area contributed by atoms with Gasteiger partial charge >= 0.3 is 0 Å². The molecule has 0 aliphatic carbocycles. The van der Waals surface area contributed by atoms with Crippen molar-refractivity contribution in [3.8, 4) is 0 Å². The Morgan fingerprint density at radius 2 is 1.80 bits per heavy atom. The molecule has 1 aromatic carbocycles. The highest BCUT2D eigenvalue weighted by molar-refractivity contribution is 7.98. The molecule has 1 aromatic rings. The van der Waals surface area contributed by atoms with Gasteiger partial charge in [0.1, 0.15) is 0 Å². The van der Waals surface area contributed by atoms with Crippen molar-refractivity contribution in [3.05, 3.63) is 24.3 Å². The quantitative estimate of drug-likeness (QED) is 0.774. The summed E-state index contributed by atoms with van der Waals surface area (Å²) in [5.74, 6) is 1.03. The van der Waals surface area contributed by atoms with Gasteiger partial charge in [-0.25, -0.2) is 13.1 Å². The van der Waals surface area contributed by atoms with Crippen LogP contribution in [0.1, 0.15) is 27.2 Å². The Hall–Kier alpha value is -0.720. The Balaban J connectivity index is 2.78. The third kappa shape index (κ3) is 5.34. The zero-order valence-electron chi connectivity index (χ0n) is 12.5. The van der Waals surface area contributed by atoms with E-state index in [2.05, 4.69) is 23.2 Å². The molecule has 0 amide bonds. The van der Waals surface area contributed by atoms with E-state index in [1.807, 2.05) is 26.0 Å². The van der Waals surface area contributed by atoms with Gasteiger partial charge in [-0.2, -0.15) is 11.8 Å². The highest BCUT2D eigenvalue weighted by Crippen LogP contribution is 2.16. The maximum atomic E-state index is 12.0. The van der Waals surface area contributed by atoms with Gasteiger partial charge in [-0.1, -0.05) is 6.92 Å². The minimum Gasteiger partial charge on any atom is -0.381 e. The Morgan fingerprint density at radius 1 is 1.20 bits per heavy atom. The molecule has 6 heteroatoms. The van der Waals surface area contributed by atoms with Gasteiger partial charge in [0, 0.05) is 23.5 Å². The summed E-state index contributed by atoms with van der Waals surface area (Å²) in [7, 11) is -3.40. The third-order valence-electron chi connectivity index (χ3n) is 2.79. The van der Waals surface area contributed by atoms with E-state index in [1.54, 1.807) is 23.9 Å². The highest BCUT2D eigenvalue weighted by Gasteiger charge is 2.15. The molecule has 4 nitrogen and oxygen atoms in total. The fourth-order valence-corrected chi connectivity index (χ4v) is 3.78. The van der Waals surface area contributed by atoms with Gasteiger partial charge in [0.2, 0.25) is 10.0 Å². The van der Waals surface area contributed by atoms with Crippen LogP contribution in [0.15, 0.2) is 29.2 Å². The first-order valence-electron chi connectivity index (χ1n) is 6.77. The smallest absolute Gasteiger partial charge is 0.240 e. The number of benzene rings is 1. The van der Waals surface area contributed by atoms with Gasteiger partial charge < -0.3 is 5.32 Å². The molecule has 20 heavy (non-hydrogen) atoms. The second-order valence-corrected chi connectivity index (χ2v) is 7.63. The molecular formula is C14H24N2O2S2. The van der Waals surface area contributed by atoms with E-state index in [0.29, 0.717) is 10.9 Å². The third-order valence-corrected chi connectivity index (χ3v) is 5.20. The molecule has 1 atom stereocenters. The normalized spacial score (nSPS) is 13.4. The SMILES string of the molecule is CCC(CSC)Nc1ccc(S(=O)(=O)NC(C)C)cc1. The van der Waals surface area contributed by atoms with Gasteiger partial charge in [0.25, 0.3) is 0 Å². The molecule has 0 radical (unpaired) electrons. The van der Waals surface area contributed by atoms with Gasteiger partial charge in [-0.3, -0.25) is 0 Å². The zero-order valence-corrected chi connectivity index (χ0v) is 14.1. The summed E-state index contributed by atoms with van der Waals surface area (Å²) in [4.78, 5) is 0.301. The maximum Gasteiger partial charge on any atom is 0.240 e. The number of nitrogens with one attached hydrogen (secondary N) is 2. The Morgan fingerprint density at radius 3 is 2.25 bits per heavy atom. The molecule has 0 aromatic heterocycles. The topological polar surface area (TPSA) is 58.2 Å². The predicted octanol–water partition coefficient (Wildman–Crippen LogP) is 2.93. The average molecular weight is 316 g/mol. The van der Waals surface area contributed by atoms with Crippen LogP contribution in [0, 0.1) is 0 Å². The minimum absolute atomic E-state index is 0.108. The zero-order chi connectivity index (χ0) is 15.2. The molecule has 114 valence electrons. The van der Waals surface area contributed by atoms with E-state index in [-0.39, 0.29) is 6.04 Å². The fraction of sp³-hybridized carbons (Fsp3) is 0.571. The van der Waals surface area contributed by atoms with Crippen LogP contribution < -0.4 is 10.0 Å². The average Bonchev–Trinajstić information content (AvgIpc) is 2.37. The first-order valence-corrected chi connectivity index (χ1v) is 9.64. The Kier molecular flexibility index (Phi) is 6.85. The first-order chi connectivity index (χ1) is 9.39. The number of hydrogen-bond acceptors (Lipinski definition) is 4. The molecule has 0 saturated heterocycles. The first kappa shape index (κ1) is 17.3. The molecule has 2 N–H and O–H groups in total. The molecule has 0 fully saturated rings. The summed E-state index contributed by atoms with van der Waals surface area (Å²) in [6.45, 7) is 5.75. The lowest BCUT2D eigenvalue weighted by Crippen LogP contribution is -2.30. The highest BCUT2D eigenvalue weighted by atomic mass is 32.2. The van der Waals surface area contributed by atoms with E-state index in [4.69, 9.17) is 0 Å². The summed E-state index contributed by atoms with van der Waals surface area (Å²) in [6.07, 6.45) is 3.12. The van der Waals surface area contributed by atoms with Crippen molar-refractivity contribution in [1.29, 1.82) is 0 Å². The van der Waals surface area contributed by atoms with Crippen molar-refractivity contribution < 1.29 is 8.42 Å². The number of anilines is 1. The molecule has 0 aliphatic rings. The summed E-state index contributed by atoms with van der Waals surface area (Å²) in [6, 6.07) is 7.21. The molecule has 0 saturated carbocycles. The molecule has 1 rings (SSSR count). The van der Waals surface area contributed by atoms with E-state index in [1.165, 1.54) is 0 Å². The Bertz CT molecular complexity index is 498. The monoisotopic (exact) mass is 316 g/mol. The van der Waals surface area contributed by atoms with E-state index in [9.17, 15) is 8.42 Å². The van der Waals surface area contributed by atoms with Gasteiger partial charge in [0.15, 0.2) is 0 Å². The van der Waals surface area contributed by atoms with Crippen LogP contribution in [0.4, 0.5) is 5.69 Å². The van der Waals surface area contributed by atoms with Crippen LogP contribution in [-0.4, -0.2) is 32.5 Å². The van der Waals surface area contributed by atoms with Crippen LogP contribution >= 0.6 is 11.8 Å². The van der Waals surface area contributed by atoms with Gasteiger partial charge in [0.05, 0.1) is 4.90 Å². The lowest BCUT2D eigenvalue weighted by atomic mass is 10.2. The largest absolute Gasteiger partial charge is 0.381 e. The van der Waals surface area contributed by atoms with Gasteiger partial charge in [-0.15, -0.1) is 0 Å². The standard InChI is InChI=1S/C14H24N2O2S2/c1-5-12(10-19-4)15-13-6-8-14(9-7-13)20(17,18)16-11(2)3/h6-9,11-12,15-16H,5,10H2,1-4H3. The Labute approximate surface area is 126 Å². The summed E-state index contributed by atoms with van der Waals surface area (Å²) >= 11 is 1.80. The summed E-state index contributed by atoms with van der Waals surface area (Å²) < 4.78 is 26.6. The van der Waals surface area contributed by atoms with Crippen molar-refractivity contribution in [1.82, 2.24) is 4.72 Å². The van der Waals surface area contributed by atoms with Crippen LogP contribution in [0.5, 0.6) is 0 Å². The van der Waals surface area contributed by atoms with Gasteiger partial charge in [-0.05, 0) is 50.8 Å².